The smallest absolute Gasteiger partial charge is 0.307 e. The molecule has 0 saturated carbocycles. The zero-order chi connectivity index (χ0) is 22.0. The first-order valence-electron chi connectivity index (χ1n) is 9.90. The summed E-state index contributed by atoms with van der Waals surface area (Å²) < 4.78 is 5.27. The lowest BCUT2D eigenvalue weighted by molar-refractivity contribution is -0.143. The van der Waals surface area contributed by atoms with E-state index in [4.69, 9.17) is 17.0 Å². The van der Waals surface area contributed by atoms with E-state index in [-0.39, 0.29) is 37.4 Å². The second-order valence-electron chi connectivity index (χ2n) is 6.98. The molecule has 8 heteroatoms. The lowest BCUT2D eigenvalue weighted by Crippen LogP contribution is -2.31. The number of ether oxygens (including phenoxy) is 1. The Bertz CT molecular complexity index is 1100. The van der Waals surface area contributed by atoms with Gasteiger partial charge in [0, 0.05) is 12.1 Å². The molecular formula is C23H20N2O4S2. The molecule has 6 nitrogen and oxygen atoms in total. The summed E-state index contributed by atoms with van der Waals surface area (Å²) in [5.74, 6) is -0.963. The van der Waals surface area contributed by atoms with Crippen LogP contribution in [0, 0.1) is 0 Å². The number of para-hydroxylation sites is 1. The van der Waals surface area contributed by atoms with Gasteiger partial charge in [-0.1, -0.05) is 72.5 Å². The van der Waals surface area contributed by atoms with Crippen LogP contribution < -0.4 is 4.90 Å². The summed E-state index contributed by atoms with van der Waals surface area (Å²) in [6.45, 7) is 2.54. The van der Waals surface area contributed by atoms with E-state index in [0.29, 0.717) is 26.9 Å². The standard InChI is InChI=1S/C23H20N2O4S2/c1-2-29-18(26)12-13-24-22(28)20(31-23(24)30)19-16-10-6-7-11-17(16)25(21(19)27)14-15-8-4-3-5-9-15/h3-11H,2,12-14H2,1H3/b20-19-. The van der Waals surface area contributed by atoms with E-state index in [1.807, 2.05) is 54.6 Å². The zero-order valence-electron chi connectivity index (χ0n) is 16.9. The summed E-state index contributed by atoms with van der Waals surface area (Å²) in [5.41, 5.74) is 2.84. The highest BCUT2D eigenvalue weighted by Crippen LogP contribution is 2.45. The first-order valence-corrected chi connectivity index (χ1v) is 11.1. The van der Waals surface area contributed by atoms with Gasteiger partial charge in [-0.2, -0.15) is 0 Å². The van der Waals surface area contributed by atoms with Crippen LogP contribution in [0.3, 0.4) is 0 Å². The van der Waals surface area contributed by atoms with Crippen molar-refractivity contribution < 1.29 is 19.1 Å². The van der Waals surface area contributed by atoms with Crippen LogP contribution in [0.25, 0.3) is 5.57 Å². The van der Waals surface area contributed by atoms with Gasteiger partial charge < -0.3 is 9.64 Å². The Kier molecular flexibility index (Phi) is 6.20. The van der Waals surface area contributed by atoms with Crippen molar-refractivity contribution in [1.29, 1.82) is 0 Å². The van der Waals surface area contributed by atoms with Gasteiger partial charge in [-0.3, -0.25) is 19.3 Å². The molecule has 2 aromatic carbocycles. The van der Waals surface area contributed by atoms with Crippen molar-refractivity contribution in [1.82, 2.24) is 4.90 Å². The van der Waals surface area contributed by atoms with Crippen molar-refractivity contribution >= 4 is 57.3 Å². The van der Waals surface area contributed by atoms with Gasteiger partial charge in [-0.15, -0.1) is 0 Å². The lowest BCUT2D eigenvalue weighted by Gasteiger charge is -2.17. The Morgan fingerprint density at radius 1 is 1.00 bits per heavy atom. The molecule has 2 amide bonds. The Morgan fingerprint density at radius 2 is 1.71 bits per heavy atom. The largest absolute Gasteiger partial charge is 0.466 e. The minimum Gasteiger partial charge on any atom is -0.466 e. The average Bonchev–Trinajstić information content (AvgIpc) is 3.20. The SMILES string of the molecule is CCOC(=O)CCN1C(=O)/C(=C2/C(=O)N(Cc3ccccc3)c3ccccc32)SC1=S. The molecule has 2 heterocycles. The summed E-state index contributed by atoms with van der Waals surface area (Å²) in [6.07, 6.45) is 0.0492. The summed E-state index contributed by atoms with van der Waals surface area (Å²) in [4.78, 5) is 41.6. The van der Waals surface area contributed by atoms with Gasteiger partial charge in [0.2, 0.25) is 0 Å². The van der Waals surface area contributed by atoms with Crippen LogP contribution in [-0.2, 0) is 25.7 Å². The van der Waals surface area contributed by atoms with Gasteiger partial charge in [0.05, 0.1) is 35.7 Å². The second kappa shape index (κ2) is 9.03. The van der Waals surface area contributed by atoms with Crippen molar-refractivity contribution in [3.05, 3.63) is 70.6 Å². The van der Waals surface area contributed by atoms with Crippen LogP contribution in [0.2, 0.25) is 0 Å². The van der Waals surface area contributed by atoms with Gasteiger partial charge in [0.1, 0.15) is 4.32 Å². The van der Waals surface area contributed by atoms with E-state index in [1.165, 1.54) is 4.90 Å². The molecule has 0 spiro atoms. The fourth-order valence-electron chi connectivity index (χ4n) is 3.60. The van der Waals surface area contributed by atoms with Crippen LogP contribution in [0.15, 0.2) is 59.5 Å². The number of hydrogen-bond acceptors (Lipinski definition) is 6. The van der Waals surface area contributed by atoms with Gasteiger partial charge in [-0.25, -0.2) is 0 Å². The number of esters is 1. The van der Waals surface area contributed by atoms with Crippen LogP contribution in [0.1, 0.15) is 24.5 Å². The quantitative estimate of drug-likeness (QED) is 0.378. The van der Waals surface area contributed by atoms with Gasteiger partial charge in [0.25, 0.3) is 11.8 Å². The number of benzene rings is 2. The highest BCUT2D eigenvalue weighted by molar-refractivity contribution is 8.26. The Balaban J connectivity index is 1.65. The fraction of sp³-hybridized carbons (Fsp3) is 0.217. The molecule has 1 fully saturated rings. The van der Waals surface area contributed by atoms with Crippen LogP contribution in [0.4, 0.5) is 5.69 Å². The molecule has 0 atom stereocenters. The molecule has 1 saturated heterocycles. The zero-order valence-corrected chi connectivity index (χ0v) is 18.5. The van der Waals surface area contributed by atoms with Crippen LogP contribution in [0.5, 0.6) is 0 Å². The third kappa shape index (κ3) is 4.13. The Hall–Kier alpha value is -2.97. The Morgan fingerprint density at radius 3 is 2.45 bits per heavy atom. The van der Waals surface area contributed by atoms with Gasteiger partial charge in [-0.05, 0) is 18.6 Å². The molecule has 0 N–H and O–H groups in total. The minimum absolute atomic E-state index is 0.0492. The number of amides is 2. The highest BCUT2D eigenvalue weighted by Gasteiger charge is 2.41. The third-order valence-corrected chi connectivity index (χ3v) is 6.48. The van der Waals surface area contributed by atoms with E-state index < -0.39 is 0 Å². The number of anilines is 1. The Labute approximate surface area is 189 Å². The van der Waals surface area contributed by atoms with Crippen molar-refractivity contribution in [2.45, 2.75) is 19.9 Å². The molecule has 0 radical (unpaired) electrons. The molecule has 158 valence electrons. The van der Waals surface area contributed by atoms with Crippen LogP contribution >= 0.6 is 24.0 Å². The van der Waals surface area contributed by atoms with Gasteiger partial charge >= 0.3 is 5.97 Å². The number of thiocarbonyl (C=S) groups is 1. The maximum atomic E-state index is 13.4. The number of hydrogen-bond donors (Lipinski definition) is 0. The molecule has 0 bridgehead atoms. The summed E-state index contributed by atoms with van der Waals surface area (Å²) >= 11 is 6.48. The third-order valence-electron chi connectivity index (χ3n) is 5.03. The average molecular weight is 453 g/mol. The highest BCUT2D eigenvalue weighted by atomic mass is 32.2. The molecular weight excluding hydrogens is 432 g/mol. The topological polar surface area (TPSA) is 66.9 Å². The number of fused-ring (bicyclic) bond motifs is 1. The maximum absolute atomic E-state index is 13.4. The minimum atomic E-state index is -0.388. The summed E-state index contributed by atoms with van der Waals surface area (Å²) in [7, 11) is 0. The number of thioether (sulfide) groups is 1. The maximum Gasteiger partial charge on any atom is 0.307 e. The monoisotopic (exact) mass is 452 g/mol. The predicted octanol–water partition coefficient (Wildman–Crippen LogP) is 3.76. The first-order chi connectivity index (χ1) is 15.0. The van der Waals surface area contributed by atoms with Crippen molar-refractivity contribution in [3.8, 4) is 0 Å². The summed E-state index contributed by atoms with van der Waals surface area (Å²) in [5, 5.41) is 0. The van der Waals surface area contributed by atoms with E-state index in [1.54, 1.807) is 11.8 Å². The first kappa shape index (κ1) is 21.3. The molecule has 0 aromatic heterocycles. The summed E-state index contributed by atoms with van der Waals surface area (Å²) in [6, 6.07) is 17.1. The van der Waals surface area contributed by atoms with E-state index in [0.717, 1.165) is 23.0 Å². The van der Waals surface area contributed by atoms with Crippen molar-refractivity contribution in [2.75, 3.05) is 18.1 Å². The van der Waals surface area contributed by atoms with E-state index in [2.05, 4.69) is 0 Å². The molecule has 0 aliphatic carbocycles. The van der Waals surface area contributed by atoms with E-state index in [9.17, 15) is 14.4 Å². The number of nitrogens with zero attached hydrogens (tertiary/aromatic N) is 2. The van der Waals surface area contributed by atoms with Crippen LogP contribution in [-0.4, -0.2) is 40.2 Å². The number of carbonyl (C=O) groups is 3. The number of rotatable bonds is 6. The fourth-order valence-corrected chi connectivity index (χ4v) is 4.98. The van der Waals surface area contributed by atoms with Crippen molar-refractivity contribution in [2.24, 2.45) is 0 Å². The number of carbonyl (C=O) groups excluding carboxylic acids is 3. The molecule has 4 rings (SSSR count). The van der Waals surface area contributed by atoms with Gasteiger partial charge in [0.15, 0.2) is 0 Å². The van der Waals surface area contributed by atoms with E-state index >= 15 is 0 Å². The molecule has 2 aliphatic rings. The normalized spacial score (nSPS) is 18.0. The molecule has 31 heavy (non-hydrogen) atoms. The predicted molar refractivity (Wildman–Crippen MR) is 124 cm³/mol. The van der Waals surface area contributed by atoms with Crippen molar-refractivity contribution in [3.63, 3.8) is 0 Å². The lowest BCUT2D eigenvalue weighted by atomic mass is 10.1. The molecule has 2 aliphatic heterocycles. The molecule has 2 aromatic rings. The second-order valence-corrected chi connectivity index (χ2v) is 8.62. The molecule has 0 unspecified atom stereocenters.